The van der Waals surface area contributed by atoms with E-state index >= 15 is 0 Å². The number of pyridine rings is 1. The molecule has 8 nitrogen and oxygen atoms in total. The normalized spacial score (nSPS) is 12.4. The maximum absolute atomic E-state index is 13.7. The number of ether oxygens (including phenoxy) is 1. The number of hydrogen-bond acceptors (Lipinski definition) is 5. The van der Waals surface area contributed by atoms with Crippen LogP contribution in [0.4, 0.5) is 13.2 Å². The smallest absolute Gasteiger partial charge is 0.417 e. The molecule has 3 aromatic rings. The van der Waals surface area contributed by atoms with E-state index in [4.69, 9.17) is 10.5 Å². The Labute approximate surface area is 175 Å². The van der Waals surface area contributed by atoms with E-state index in [1.165, 1.54) is 19.3 Å². The number of aliphatic imine (C=N–C) groups is 1. The standard InChI is InChI=1S/C20H21F3N6O2/c1-25-19(24)28-18(30)16-9-13-14(20(21,22)23)7-12(8-15(13)27-16)31-17-6-11(4-5-26-17)10-29(2)3/h4-9,27H,10H2,1-3H3,(H3,24,25,28,30). The van der Waals surface area contributed by atoms with Gasteiger partial charge in [-0.2, -0.15) is 13.2 Å². The van der Waals surface area contributed by atoms with Gasteiger partial charge in [-0.3, -0.25) is 15.1 Å². The molecule has 0 unspecified atom stereocenters. The van der Waals surface area contributed by atoms with E-state index in [0.717, 1.165) is 17.7 Å². The third-order valence-electron chi connectivity index (χ3n) is 4.26. The van der Waals surface area contributed by atoms with Gasteiger partial charge in [0.2, 0.25) is 5.88 Å². The maximum atomic E-state index is 13.7. The molecule has 0 aliphatic rings. The first-order chi connectivity index (χ1) is 14.6. The number of carbonyl (C=O) groups is 1. The molecule has 0 spiro atoms. The molecule has 0 bridgehead atoms. The molecule has 11 heteroatoms. The number of nitrogens with two attached hydrogens (primary N) is 1. The van der Waals surface area contributed by atoms with Gasteiger partial charge in [0.05, 0.1) is 11.1 Å². The van der Waals surface area contributed by atoms with Crippen LogP contribution in [0.25, 0.3) is 10.9 Å². The second kappa shape index (κ2) is 8.64. The summed E-state index contributed by atoms with van der Waals surface area (Å²) in [5.74, 6) is -0.790. The molecule has 0 aliphatic heterocycles. The average Bonchev–Trinajstić information content (AvgIpc) is 3.10. The number of hydrogen-bond donors (Lipinski definition) is 3. The number of fused-ring (bicyclic) bond motifs is 1. The molecule has 0 saturated carbocycles. The molecule has 0 atom stereocenters. The number of aromatic amines is 1. The minimum Gasteiger partial charge on any atom is -0.439 e. The topological polar surface area (TPSA) is 109 Å². The highest BCUT2D eigenvalue weighted by molar-refractivity contribution is 6.07. The Bertz CT molecular complexity index is 1140. The maximum Gasteiger partial charge on any atom is 0.417 e. The lowest BCUT2D eigenvalue weighted by Crippen LogP contribution is -2.36. The fraction of sp³-hybridized carbons (Fsp3) is 0.250. The van der Waals surface area contributed by atoms with Crippen LogP contribution in [0.15, 0.2) is 41.5 Å². The summed E-state index contributed by atoms with van der Waals surface area (Å²) in [4.78, 5) is 24.5. The summed E-state index contributed by atoms with van der Waals surface area (Å²) in [7, 11) is 5.15. The van der Waals surface area contributed by atoms with Crippen LogP contribution in [0.2, 0.25) is 0 Å². The SMILES string of the molecule is CN=C(N)NC(=O)c1cc2c(C(F)(F)F)cc(Oc3cc(CN(C)C)ccn3)cc2[nH]1. The zero-order valence-corrected chi connectivity index (χ0v) is 17.0. The number of benzene rings is 1. The van der Waals surface area contributed by atoms with Gasteiger partial charge in [-0.25, -0.2) is 4.98 Å². The number of alkyl halides is 3. The molecule has 1 amide bonds. The molecule has 3 rings (SSSR count). The molecular weight excluding hydrogens is 413 g/mol. The van der Waals surface area contributed by atoms with Gasteiger partial charge in [0, 0.05) is 37.3 Å². The molecule has 2 heterocycles. The number of halogens is 3. The molecule has 0 saturated heterocycles. The molecule has 1 aromatic carbocycles. The van der Waals surface area contributed by atoms with Crippen molar-refractivity contribution >= 4 is 22.8 Å². The van der Waals surface area contributed by atoms with Gasteiger partial charge in [0.15, 0.2) is 5.96 Å². The second-order valence-corrected chi connectivity index (χ2v) is 7.02. The number of guanidine groups is 1. The van der Waals surface area contributed by atoms with Crippen LogP contribution in [-0.4, -0.2) is 47.9 Å². The molecular formula is C20H21F3N6O2. The summed E-state index contributed by atoms with van der Waals surface area (Å²) in [5.41, 5.74) is 5.37. The van der Waals surface area contributed by atoms with Gasteiger partial charge in [0.25, 0.3) is 5.91 Å². The second-order valence-electron chi connectivity index (χ2n) is 7.02. The van der Waals surface area contributed by atoms with Crippen molar-refractivity contribution in [3.05, 3.63) is 53.3 Å². The Balaban J connectivity index is 2.00. The Morgan fingerprint density at radius 1 is 1.29 bits per heavy atom. The first-order valence-electron chi connectivity index (χ1n) is 9.12. The molecule has 0 radical (unpaired) electrons. The van der Waals surface area contributed by atoms with Crippen molar-refractivity contribution in [2.75, 3.05) is 21.1 Å². The van der Waals surface area contributed by atoms with E-state index in [0.29, 0.717) is 6.54 Å². The van der Waals surface area contributed by atoms with Crippen LogP contribution in [0.1, 0.15) is 21.6 Å². The van der Waals surface area contributed by atoms with E-state index in [2.05, 4.69) is 20.3 Å². The zero-order valence-electron chi connectivity index (χ0n) is 17.0. The molecule has 4 N–H and O–H groups in total. The van der Waals surface area contributed by atoms with Crippen molar-refractivity contribution in [2.45, 2.75) is 12.7 Å². The first kappa shape index (κ1) is 22.1. The number of H-pyrrole nitrogens is 1. The summed E-state index contributed by atoms with van der Waals surface area (Å²) in [6, 6.07) is 6.80. The largest absolute Gasteiger partial charge is 0.439 e. The predicted octanol–water partition coefficient (Wildman–Crippen LogP) is 3.11. The van der Waals surface area contributed by atoms with Crippen molar-refractivity contribution in [1.82, 2.24) is 20.2 Å². The van der Waals surface area contributed by atoms with Crippen molar-refractivity contribution in [3.63, 3.8) is 0 Å². The zero-order chi connectivity index (χ0) is 22.8. The fourth-order valence-corrected chi connectivity index (χ4v) is 2.96. The van der Waals surface area contributed by atoms with Crippen molar-refractivity contribution in [3.8, 4) is 11.6 Å². The van der Waals surface area contributed by atoms with E-state index in [1.807, 2.05) is 19.0 Å². The van der Waals surface area contributed by atoms with Crippen molar-refractivity contribution in [2.24, 2.45) is 10.7 Å². The average molecular weight is 434 g/mol. The number of nitrogens with one attached hydrogen (secondary N) is 2. The van der Waals surface area contributed by atoms with E-state index in [1.54, 1.807) is 12.1 Å². The third kappa shape index (κ3) is 5.31. The highest BCUT2D eigenvalue weighted by Crippen LogP contribution is 2.38. The lowest BCUT2D eigenvalue weighted by atomic mass is 10.1. The van der Waals surface area contributed by atoms with Crippen LogP contribution in [-0.2, 0) is 12.7 Å². The third-order valence-corrected chi connectivity index (χ3v) is 4.26. The number of amides is 1. The van der Waals surface area contributed by atoms with Crippen LogP contribution < -0.4 is 15.8 Å². The van der Waals surface area contributed by atoms with Gasteiger partial charge in [-0.1, -0.05) is 0 Å². The minimum absolute atomic E-state index is 0.0715. The van der Waals surface area contributed by atoms with Gasteiger partial charge in [-0.05, 0) is 37.9 Å². The Hall–Kier alpha value is -3.60. The van der Waals surface area contributed by atoms with Crippen LogP contribution in [0.3, 0.4) is 0 Å². The van der Waals surface area contributed by atoms with Gasteiger partial charge in [0.1, 0.15) is 11.4 Å². The van der Waals surface area contributed by atoms with Crippen molar-refractivity contribution in [1.29, 1.82) is 0 Å². The monoisotopic (exact) mass is 434 g/mol. The Morgan fingerprint density at radius 2 is 2.03 bits per heavy atom. The Kier molecular flexibility index (Phi) is 6.16. The number of carbonyl (C=O) groups excluding carboxylic acids is 1. The number of nitrogens with zero attached hydrogens (tertiary/aromatic N) is 3. The predicted molar refractivity (Wildman–Crippen MR) is 110 cm³/mol. The summed E-state index contributed by atoms with van der Waals surface area (Å²) < 4.78 is 46.7. The van der Waals surface area contributed by atoms with Gasteiger partial charge >= 0.3 is 6.18 Å². The van der Waals surface area contributed by atoms with Crippen LogP contribution in [0, 0.1) is 0 Å². The highest BCUT2D eigenvalue weighted by atomic mass is 19.4. The van der Waals surface area contributed by atoms with E-state index < -0.39 is 17.6 Å². The first-order valence-corrected chi connectivity index (χ1v) is 9.12. The minimum atomic E-state index is -4.67. The fourth-order valence-electron chi connectivity index (χ4n) is 2.96. The highest BCUT2D eigenvalue weighted by Gasteiger charge is 2.34. The summed E-state index contributed by atoms with van der Waals surface area (Å²) in [5, 5.41) is 2.10. The summed E-state index contributed by atoms with van der Waals surface area (Å²) in [6.45, 7) is 0.616. The molecule has 31 heavy (non-hydrogen) atoms. The quantitative estimate of drug-likeness (QED) is 0.422. The molecule has 164 valence electrons. The Morgan fingerprint density at radius 3 is 2.68 bits per heavy atom. The lowest BCUT2D eigenvalue weighted by molar-refractivity contribution is -0.136. The van der Waals surface area contributed by atoms with E-state index in [-0.39, 0.29) is 34.2 Å². The lowest BCUT2D eigenvalue weighted by Gasteiger charge is -2.13. The van der Waals surface area contributed by atoms with Crippen molar-refractivity contribution < 1.29 is 22.7 Å². The molecule has 2 aromatic heterocycles. The summed E-state index contributed by atoms with van der Waals surface area (Å²) in [6.07, 6.45) is -3.15. The molecule has 0 fully saturated rings. The van der Waals surface area contributed by atoms with Crippen LogP contribution >= 0.6 is 0 Å². The van der Waals surface area contributed by atoms with E-state index in [9.17, 15) is 18.0 Å². The number of aromatic nitrogens is 2. The summed E-state index contributed by atoms with van der Waals surface area (Å²) >= 11 is 0. The molecule has 0 aliphatic carbocycles. The van der Waals surface area contributed by atoms with Gasteiger partial charge in [-0.15, -0.1) is 0 Å². The van der Waals surface area contributed by atoms with Gasteiger partial charge < -0.3 is 20.4 Å². The number of rotatable bonds is 5. The van der Waals surface area contributed by atoms with Crippen LogP contribution in [0.5, 0.6) is 11.6 Å².